The van der Waals surface area contributed by atoms with Crippen LogP contribution in [-0.4, -0.2) is 49.6 Å². The molecule has 0 bridgehead atoms. The zero-order chi connectivity index (χ0) is 22.6. The Bertz CT molecular complexity index is 900. The predicted octanol–water partition coefficient (Wildman–Crippen LogP) is 3.65. The topological polar surface area (TPSA) is 89.0 Å². The minimum Gasteiger partial charge on any atom is -0.484 e. The molecule has 1 fully saturated rings. The van der Waals surface area contributed by atoms with Crippen LogP contribution >= 0.6 is 23.4 Å². The van der Waals surface area contributed by atoms with E-state index in [-0.39, 0.29) is 24.5 Å². The van der Waals surface area contributed by atoms with Gasteiger partial charge >= 0.3 is 0 Å². The second kappa shape index (κ2) is 13.1. The van der Waals surface area contributed by atoms with E-state index in [1.54, 1.807) is 42.2 Å². The average molecular weight is 476 g/mol. The standard InChI is InChI=1S/C23H26ClN3O4S/c24-18-5-9-21(10-6-18)32-13-11-22(28)27-26-14-17-3-7-19(8-4-17)31-16-23(29)25-15-20-2-1-12-30-20/h3-10,14,20H,1-2,11-13,15-16H2,(H,25,29)(H,27,28)/b26-14-/t20-/m1/s1. The van der Waals surface area contributed by atoms with Gasteiger partial charge in [-0.05, 0) is 66.9 Å². The maximum atomic E-state index is 11.9. The molecule has 32 heavy (non-hydrogen) atoms. The lowest BCUT2D eigenvalue weighted by atomic mass is 10.2. The van der Waals surface area contributed by atoms with Crippen molar-refractivity contribution in [2.24, 2.45) is 5.10 Å². The maximum Gasteiger partial charge on any atom is 0.258 e. The van der Waals surface area contributed by atoms with E-state index < -0.39 is 0 Å². The summed E-state index contributed by atoms with van der Waals surface area (Å²) in [6.07, 6.45) is 4.04. The first-order valence-corrected chi connectivity index (χ1v) is 11.8. The van der Waals surface area contributed by atoms with Crippen LogP contribution in [0, 0.1) is 0 Å². The zero-order valence-electron chi connectivity index (χ0n) is 17.6. The van der Waals surface area contributed by atoms with Gasteiger partial charge < -0.3 is 14.8 Å². The van der Waals surface area contributed by atoms with E-state index in [1.807, 2.05) is 24.3 Å². The molecule has 2 amide bonds. The highest BCUT2D eigenvalue weighted by Crippen LogP contribution is 2.20. The van der Waals surface area contributed by atoms with Crippen molar-refractivity contribution in [1.29, 1.82) is 0 Å². The molecule has 0 spiro atoms. The van der Waals surface area contributed by atoms with Crippen LogP contribution in [0.1, 0.15) is 24.8 Å². The summed E-state index contributed by atoms with van der Waals surface area (Å²) in [4.78, 5) is 24.8. The Morgan fingerprint density at radius 3 is 2.66 bits per heavy atom. The molecule has 0 aromatic heterocycles. The molecule has 1 saturated heterocycles. The molecule has 2 N–H and O–H groups in total. The van der Waals surface area contributed by atoms with Crippen LogP contribution < -0.4 is 15.5 Å². The van der Waals surface area contributed by atoms with Crippen molar-refractivity contribution in [3.8, 4) is 5.75 Å². The number of hydrazone groups is 1. The fraction of sp³-hybridized carbons (Fsp3) is 0.348. The third-order valence-electron chi connectivity index (χ3n) is 4.62. The Morgan fingerprint density at radius 1 is 1.16 bits per heavy atom. The van der Waals surface area contributed by atoms with Gasteiger partial charge in [0.25, 0.3) is 5.91 Å². The summed E-state index contributed by atoms with van der Waals surface area (Å²) in [5, 5.41) is 7.48. The summed E-state index contributed by atoms with van der Waals surface area (Å²) in [7, 11) is 0. The first kappa shape index (κ1) is 24.1. The fourth-order valence-electron chi connectivity index (χ4n) is 2.91. The van der Waals surface area contributed by atoms with Crippen molar-refractivity contribution in [3.05, 3.63) is 59.1 Å². The number of hydrogen-bond acceptors (Lipinski definition) is 6. The maximum absolute atomic E-state index is 11.9. The number of benzene rings is 2. The molecular formula is C23H26ClN3O4S. The summed E-state index contributed by atoms with van der Waals surface area (Å²) < 4.78 is 11.0. The summed E-state index contributed by atoms with van der Waals surface area (Å²) in [6, 6.07) is 14.6. The van der Waals surface area contributed by atoms with Crippen molar-refractivity contribution in [1.82, 2.24) is 10.7 Å². The first-order chi connectivity index (χ1) is 15.6. The third kappa shape index (κ3) is 8.90. The largest absolute Gasteiger partial charge is 0.484 e. The Labute approximate surface area is 196 Å². The van der Waals surface area contributed by atoms with Crippen molar-refractivity contribution in [2.75, 3.05) is 25.5 Å². The molecule has 0 radical (unpaired) electrons. The van der Waals surface area contributed by atoms with Gasteiger partial charge in [-0.2, -0.15) is 5.10 Å². The summed E-state index contributed by atoms with van der Waals surface area (Å²) in [5.41, 5.74) is 3.32. The van der Waals surface area contributed by atoms with Crippen LogP contribution in [0.4, 0.5) is 0 Å². The number of ether oxygens (including phenoxy) is 2. The van der Waals surface area contributed by atoms with E-state index in [2.05, 4.69) is 15.8 Å². The van der Waals surface area contributed by atoms with Crippen LogP contribution in [-0.2, 0) is 14.3 Å². The molecule has 0 aliphatic carbocycles. The van der Waals surface area contributed by atoms with Gasteiger partial charge in [-0.3, -0.25) is 9.59 Å². The highest BCUT2D eigenvalue weighted by Gasteiger charge is 2.16. The van der Waals surface area contributed by atoms with E-state index in [1.165, 1.54) is 0 Å². The lowest BCUT2D eigenvalue weighted by Crippen LogP contribution is -2.35. The van der Waals surface area contributed by atoms with Crippen molar-refractivity contribution in [2.45, 2.75) is 30.3 Å². The Kier molecular flexibility index (Phi) is 9.87. The molecule has 2 aromatic carbocycles. The van der Waals surface area contributed by atoms with Crippen LogP contribution in [0.3, 0.4) is 0 Å². The molecule has 0 saturated carbocycles. The number of thioether (sulfide) groups is 1. The molecule has 7 nitrogen and oxygen atoms in total. The Hall–Kier alpha value is -2.55. The number of nitrogens with zero attached hydrogens (tertiary/aromatic N) is 1. The molecule has 1 atom stereocenters. The van der Waals surface area contributed by atoms with Crippen molar-refractivity contribution < 1.29 is 19.1 Å². The predicted molar refractivity (Wildman–Crippen MR) is 126 cm³/mol. The van der Waals surface area contributed by atoms with Gasteiger partial charge in [0.1, 0.15) is 5.75 Å². The monoisotopic (exact) mass is 475 g/mol. The average Bonchev–Trinajstić information content (AvgIpc) is 3.32. The molecular weight excluding hydrogens is 450 g/mol. The molecule has 170 valence electrons. The molecule has 2 aromatic rings. The molecule has 1 heterocycles. The van der Waals surface area contributed by atoms with Gasteiger partial charge in [-0.25, -0.2) is 5.43 Å². The van der Waals surface area contributed by atoms with E-state index >= 15 is 0 Å². The van der Waals surface area contributed by atoms with E-state index in [0.29, 0.717) is 29.5 Å². The summed E-state index contributed by atoms with van der Waals surface area (Å²) >= 11 is 7.44. The van der Waals surface area contributed by atoms with E-state index in [4.69, 9.17) is 21.1 Å². The number of halogens is 1. The Morgan fingerprint density at radius 2 is 1.94 bits per heavy atom. The first-order valence-electron chi connectivity index (χ1n) is 10.4. The second-order valence-corrected chi connectivity index (χ2v) is 8.75. The van der Waals surface area contributed by atoms with Crippen LogP contribution in [0.2, 0.25) is 5.02 Å². The number of carbonyl (C=O) groups is 2. The number of nitrogens with one attached hydrogen (secondary N) is 2. The highest BCUT2D eigenvalue weighted by atomic mass is 35.5. The van der Waals surface area contributed by atoms with Crippen LogP contribution in [0.25, 0.3) is 0 Å². The third-order valence-corrected chi connectivity index (χ3v) is 5.88. The van der Waals surface area contributed by atoms with Gasteiger partial charge in [0.15, 0.2) is 6.61 Å². The van der Waals surface area contributed by atoms with Gasteiger partial charge in [0, 0.05) is 35.2 Å². The minimum absolute atomic E-state index is 0.0513. The normalized spacial score (nSPS) is 15.6. The van der Waals surface area contributed by atoms with Gasteiger partial charge in [0.05, 0.1) is 12.3 Å². The van der Waals surface area contributed by atoms with Crippen molar-refractivity contribution in [3.63, 3.8) is 0 Å². The summed E-state index contributed by atoms with van der Waals surface area (Å²) in [5.74, 6) is 0.897. The van der Waals surface area contributed by atoms with Crippen LogP contribution in [0.5, 0.6) is 5.75 Å². The number of hydrogen-bond donors (Lipinski definition) is 2. The van der Waals surface area contributed by atoms with Crippen LogP contribution in [0.15, 0.2) is 58.5 Å². The number of amides is 2. The SMILES string of the molecule is O=C(COc1ccc(/C=N\NC(=O)CCSc2ccc(Cl)cc2)cc1)NC[C@H]1CCCO1. The van der Waals surface area contributed by atoms with E-state index in [9.17, 15) is 9.59 Å². The number of carbonyl (C=O) groups excluding carboxylic acids is 2. The van der Waals surface area contributed by atoms with Gasteiger partial charge in [-0.1, -0.05) is 11.6 Å². The van der Waals surface area contributed by atoms with E-state index in [0.717, 1.165) is 29.9 Å². The molecule has 1 aliphatic heterocycles. The minimum atomic E-state index is -0.178. The fourth-order valence-corrected chi connectivity index (χ4v) is 3.89. The van der Waals surface area contributed by atoms with Gasteiger partial charge in [0.2, 0.25) is 5.91 Å². The highest BCUT2D eigenvalue weighted by molar-refractivity contribution is 7.99. The zero-order valence-corrected chi connectivity index (χ0v) is 19.2. The quantitative estimate of drug-likeness (QED) is 0.294. The lowest BCUT2D eigenvalue weighted by molar-refractivity contribution is -0.123. The molecule has 3 rings (SSSR count). The van der Waals surface area contributed by atoms with Crippen molar-refractivity contribution >= 4 is 41.4 Å². The molecule has 0 unspecified atom stereocenters. The summed E-state index contributed by atoms with van der Waals surface area (Å²) in [6.45, 7) is 1.23. The van der Waals surface area contributed by atoms with Gasteiger partial charge in [-0.15, -0.1) is 11.8 Å². The number of rotatable bonds is 11. The molecule has 9 heteroatoms. The molecule has 1 aliphatic rings. The Balaban J connectivity index is 1.30. The smallest absolute Gasteiger partial charge is 0.258 e. The second-order valence-electron chi connectivity index (χ2n) is 7.14. The lowest BCUT2D eigenvalue weighted by Gasteiger charge is -2.11.